The van der Waals surface area contributed by atoms with Gasteiger partial charge in [0.1, 0.15) is 0 Å². The molecule has 1 aromatic carbocycles. The predicted molar refractivity (Wildman–Crippen MR) is 85.1 cm³/mol. The van der Waals surface area contributed by atoms with Gasteiger partial charge in [0.25, 0.3) is 0 Å². The number of carbonyl (C=O) groups excluding carboxylic acids is 1. The van der Waals surface area contributed by atoms with Crippen LogP contribution in [0.2, 0.25) is 0 Å². The van der Waals surface area contributed by atoms with Crippen LogP contribution >= 0.6 is 0 Å². The Morgan fingerprint density at radius 3 is 2.43 bits per heavy atom. The van der Waals surface area contributed by atoms with Crippen LogP contribution in [0.15, 0.2) is 23.1 Å². The highest BCUT2D eigenvalue weighted by Gasteiger charge is 2.24. The standard InChI is InChI=1S/C16H25NO3S/c1-6-7-10-17(5)21(19,20)15-11-14(9-8-13(15)4)16(18)12(2)3/h8-9,11-12H,6-7,10H2,1-5H3. The summed E-state index contributed by atoms with van der Waals surface area (Å²) in [5.41, 5.74) is 1.12. The summed E-state index contributed by atoms with van der Waals surface area (Å²) in [5, 5.41) is 0. The highest BCUT2D eigenvalue weighted by Crippen LogP contribution is 2.22. The molecule has 21 heavy (non-hydrogen) atoms. The van der Waals surface area contributed by atoms with E-state index in [-0.39, 0.29) is 16.6 Å². The van der Waals surface area contributed by atoms with Crippen molar-refractivity contribution in [3.05, 3.63) is 29.3 Å². The third-order valence-corrected chi connectivity index (χ3v) is 5.51. The third kappa shape index (κ3) is 4.14. The largest absolute Gasteiger partial charge is 0.294 e. The molecule has 0 aliphatic heterocycles. The van der Waals surface area contributed by atoms with Gasteiger partial charge in [-0.15, -0.1) is 0 Å². The molecule has 0 aliphatic rings. The van der Waals surface area contributed by atoms with E-state index >= 15 is 0 Å². The van der Waals surface area contributed by atoms with Crippen molar-refractivity contribution >= 4 is 15.8 Å². The zero-order chi connectivity index (χ0) is 16.2. The van der Waals surface area contributed by atoms with Crippen LogP contribution in [0, 0.1) is 12.8 Å². The van der Waals surface area contributed by atoms with Crippen molar-refractivity contribution in [2.45, 2.75) is 45.4 Å². The van der Waals surface area contributed by atoms with Gasteiger partial charge in [-0.2, -0.15) is 0 Å². The Morgan fingerprint density at radius 1 is 1.29 bits per heavy atom. The molecule has 4 nitrogen and oxygen atoms in total. The van der Waals surface area contributed by atoms with Gasteiger partial charge < -0.3 is 0 Å². The van der Waals surface area contributed by atoms with Crippen LogP contribution in [-0.4, -0.2) is 32.1 Å². The molecule has 0 heterocycles. The van der Waals surface area contributed by atoms with E-state index in [2.05, 4.69) is 0 Å². The van der Waals surface area contributed by atoms with Gasteiger partial charge in [-0.3, -0.25) is 4.79 Å². The first-order valence-corrected chi connectivity index (χ1v) is 8.77. The quantitative estimate of drug-likeness (QED) is 0.726. The molecule has 0 radical (unpaired) electrons. The number of sulfonamides is 1. The van der Waals surface area contributed by atoms with Gasteiger partial charge in [0.05, 0.1) is 4.90 Å². The molecule has 0 aliphatic carbocycles. The van der Waals surface area contributed by atoms with Crippen LogP contribution < -0.4 is 0 Å². The maximum atomic E-state index is 12.6. The van der Waals surface area contributed by atoms with E-state index in [0.29, 0.717) is 17.7 Å². The zero-order valence-electron chi connectivity index (χ0n) is 13.5. The number of Topliss-reactive ketones (excluding diaryl/α,β-unsaturated/α-hetero) is 1. The van der Waals surface area contributed by atoms with Gasteiger partial charge in [0, 0.05) is 25.1 Å². The monoisotopic (exact) mass is 311 g/mol. The number of carbonyl (C=O) groups is 1. The molecule has 0 saturated heterocycles. The van der Waals surface area contributed by atoms with Crippen LogP contribution in [0.1, 0.15) is 49.5 Å². The van der Waals surface area contributed by atoms with Crippen molar-refractivity contribution < 1.29 is 13.2 Å². The van der Waals surface area contributed by atoms with Crippen LogP contribution in [0.25, 0.3) is 0 Å². The topological polar surface area (TPSA) is 54.5 Å². The fourth-order valence-corrected chi connectivity index (χ4v) is 3.49. The smallest absolute Gasteiger partial charge is 0.243 e. The summed E-state index contributed by atoms with van der Waals surface area (Å²) in [4.78, 5) is 12.3. The van der Waals surface area contributed by atoms with Gasteiger partial charge in [0.15, 0.2) is 5.78 Å². The average Bonchev–Trinajstić information content (AvgIpc) is 2.43. The maximum Gasteiger partial charge on any atom is 0.243 e. The number of unbranched alkanes of at least 4 members (excludes halogenated alkanes) is 1. The van der Waals surface area contributed by atoms with E-state index in [1.807, 2.05) is 20.8 Å². The zero-order valence-corrected chi connectivity index (χ0v) is 14.3. The maximum absolute atomic E-state index is 12.6. The predicted octanol–water partition coefficient (Wildman–Crippen LogP) is 3.25. The summed E-state index contributed by atoms with van der Waals surface area (Å²) in [6.45, 7) is 7.88. The van der Waals surface area contributed by atoms with E-state index in [0.717, 1.165) is 12.8 Å². The minimum atomic E-state index is -3.54. The third-order valence-electron chi connectivity index (χ3n) is 3.51. The van der Waals surface area contributed by atoms with E-state index in [9.17, 15) is 13.2 Å². The lowest BCUT2D eigenvalue weighted by Gasteiger charge is -2.19. The molecule has 0 aromatic heterocycles. The first-order chi connectivity index (χ1) is 9.71. The summed E-state index contributed by atoms with van der Waals surface area (Å²) < 4.78 is 26.6. The number of hydrogen-bond acceptors (Lipinski definition) is 3. The molecule has 0 atom stereocenters. The fourth-order valence-electron chi connectivity index (χ4n) is 2.03. The van der Waals surface area contributed by atoms with Crippen molar-refractivity contribution in [1.29, 1.82) is 0 Å². The molecule has 0 N–H and O–H groups in total. The normalized spacial score (nSPS) is 12.1. The Labute approximate surface area is 128 Å². The van der Waals surface area contributed by atoms with E-state index in [4.69, 9.17) is 0 Å². The van der Waals surface area contributed by atoms with Crippen molar-refractivity contribution in [3.63, 3.8) is 0 Å². The number of aryl methyl sites for hydroxylation is 1. The van der Waals surface area contributed by atoms with E-state index in [1.54, 1.807) is 26.1 Å². The summed E-state index contributed by atoms with van der Waals surface area (Å²) in [7, 11) is -1.96. The molecule has 0 fully saturated rings. The second-order valence-electron chi connectivity index (χ2n) is 5.68. The summed E-state index contributed by atoms with van der Waals surface area (Å²) in [6, 6.07) is 4.91. The molecular formula is C16H25NO3S. The Hall–Kier alpha value is -1.20. The number of benzene rings is 1. The number of hydrogen-bond donors (Lipinski definition) is 0. The van der Waals surface area contributed by atoms with Gasteiger partial charge in [-0.05, 0) is 25.0 Å². The number of nitrogens with zero attached hydrogens (tertiary/aromatic N) is 1. The Balaban J connectivity index is 3.23. The lowest BCUT2D eigenvalue weighted by Crippen LogP contribution is -2.28. The van der Waals surface area contributed by atoms with Gasteiger partial charge >= 0.3 is 0 Å². The lowest BCUT2D eigenvalue weighted by molar-refractivity contribution is 0.0939. The second kappa shape index (κ2) is 7.18. The van der Waals surface area contributed by atoms with E-state index < -0.39 is 10.0 Å². The first-order valence-electron chi connectivity index (χ1n) is 7.33. The summed E-state index contributed by atoms with van der Waals surface area (Å²) in [5.74, 6) is -0.191. The number of ketones is 1. The minimum absolute atomic E-state index is 0.0392. The molecule has 0 amide bonds. The van der Waals surface area contributed by atoms with Crippen molar-refractivity contribution in [3.8, 4) is 0 Å². The van der Waals surface area contributed by atoms with Gasteiger partial charge in [-0.25, -0.2) is 12.7 Å². The van der Waals surface area contributed by atoms with Gasteiger partial charge in [0.2, 0.25) is 10.0 Å². The minimum Gasteiger partial charge on any atom is -0.294 e. The molecule has 1 aromatic rings. The van der Waals surface area contributed by atoms with Gasteiger partial charge in [-0.1, -0.05) is 39.3 Å². The Kier molecular flexibility index (Phi) is 6.10. The van der Waals surface area contributed by atoms with Crippen molar-refractivity contribution in [2.24, 2.45) is 5.92 Å². The fraction of sp³-hybridized carbons (Fsp3) is 0.562. The molecule has 1 rings (SSSR count). The SMILES string of the molecule is CCCCN(C)S(=O)(=O)c1cc(C(=O)C(C)C)ccc1C. The molecule has 118 valence electrons. The molecule has 0 spiro atoms. The first kappa shape index (κ1) is 17.9. The van der Waals surface area contributed by atoms with Crippen LogP contribution in [-0.2, 0) is 10.0 Å². The van der Waals surface area contributed by atoms with E-state index in [1.165, 1.54) is 10.4 Å². The highest BCUT2D eigenvalue weighted by atomic mass is 32.2. The average molecular weight is 311 g/mol. The molecule has 0 saturated carbocycles. The summed E-state index contributed by atoms with van der Waals surface area (Å²) in [6.07, 6.45) is 1.75. The second-order valence-corrected chi connectivity index (χ2v) is 7.69. The van der Waals surface area contributed by atoms with Crippen molar-refractivity contribution in [1.82, 2.24) is 4.31 Å². The van der Waals surface area contributed by atoms with Crippen LogP contribution in [0.3, 0.4) is 0 Å². The molecule has 0 bridgehead atoms. The summed E-state index contributed by atoms with van der Waals surface area (Å²) >= 11 is 0. The lowest BCUT2D eigenvalue weighted by atomic mass is 10.0. The Morgan fingerprint density at radius 2 is 1.90 bits per heavy atom. The van der Waals surface area contributed by atoms with Crippen LogP contribution in [0.4, 0.5) is 0 Å². The highest BCUT2D eigenvalue weighted by molar-refractivity contribution is 7.89. The molecule has 0 unspecified atom stereocenters. The molecular weight excluding hydrogens is 286 g/mol. The Bertz CT molecular complexity index is 606. The number of rotatable bonds is 7. The van der Waals surface area contributed by atoms with Crippen molar-refractivity contribution in [2.75, 3.05) is 13.6 Å². The van der Waals surface area contributed by atoms with Crippen LogP contribution in [0.5, 0.6) is 0 Å². The molecule has 5 heteroatoms.